The SMILES string of the molecule is C=CCOC(=O)N[C@@H]1CN(/C(=N\C#N)Nc2cccc(CC(F)(F)F)c2)N=C1c1ccc(Cl)c(Cl)c1. The first-order valence-corrected chi connectivity index (χ1v) is 11.1. The molecule has 188 valence electrons. The smallest absolute Gasteiger partial charge is 0.408 e. The number of nitrogens with one attached hydrogen (secondary N) is 2. The van der Waals surface area contributed by atoms with Crippen molar-refractivity contribution in [1.82, 2.24) is 10.3 Å². The molecule has 36 heavy (non-hydrogen) atoms. The average molecular weight is 539 g/mol. The molecular weight excluding hydrogens is 520 g/mol. The molecule has 8 nitrogen and oxygen atoms in total. The fraction of sp³-hybridized carbons (Fsp3) is 0.217. The van der Waals surface area contributed by atoms with Crippen LogP contribution in [-0.2, 0) is 11.2 Å². The van der Waals surface area contributed by atoms with Crippen LogP contribution in [0.3, 0.4) is 0 Å². The number of hydrogen-bond acceptors (Lipinski definition) is 5. The van der Waals surface area contributed by atoms with Crippen LogP contribution in [0.15, 0.2) is 65.2 Å². The highest BCUT2D eigenvalue weighted by atomic mass is 35.5. The molecule has 0 aliphatic carbocycles. The van der Waals surface area contributed by atoms with E-state index in [4.69, 9.17) is 27.9 Å². The van der Waals surface area contributed by atoms with E-state index in [1.807, 2.05) is 0 Å². The molecule has 1 aliphatic rings. The number of alkyl carbamates (subject to hydrolysis) is 1. The second kappa shape index (κ2) is 11.8. The molecule has 0 bridgehead atoms. The summed E-state index contributed by atoms with van der Waals surface area (Å²) in [5, 5.41) is 21.1. The molecule has 1 heterocycles. The molecule has 0 fully saturated rings. The van der Waals surface area contributed by atoms with Gasteiger partial charge in [-0.1, -0.05) is 54.1 Å². The van der Waals surface area contributed by atoms with Crippen LogP contribution in [0.5, 0.6) is 0 Å². The maximum atomic E-state index is 12.8. The monoisotopic (exact) mass is 538 g/mol. The Morgan fingerprint density at radius 2 is 2.08 bits per heavy atom. The number of benzene rings is 2. The number of alkyl halides is 3. The maximum absolute atomic E-state index is 12.8. The second-order valence-corrected chi connectivity index (χ2v) is 8.25. The van der Waals surface area contributed by atoms with Crippen molar-refractivity contribution in [2.45, 2.75) is 18.6 Å². The summed E-state index contributed by atoms with van der Waals surface area (Å²) in [5.41, 5.74) is 1.18. The van der Waals surface area contributed by atoms with Crippen molar-refractivity contribution in [3.05, 3.63) is 76.3 Å². The van der Waals surface area contributed by atoms with E-state index >= 15 is 0 Å². The Bertz CT molecular complexity index is 1240. The fourth-order valence-corrected chi connectivity index (χ4v) is 3.60. The van der Waals surface area contributed by atoms with Crippen molar-refractivity contribution < 1.29 is 22.7 Å². The molecule has 1 atom stereocenters. The fourth-order valence-electron chi connectivity index (χ4n) is 3.30. The number of anilines is 1. The topological polar surface area (TPSA) is 102 Å². The Morgan fingerprint density at radius 1 is 1.31 bits per heavy atom. The summed E-state index contributed by atoms with van der Waals surface area (Å²) in [6, 6.07) is 9.65. The number of amides is 1. The van der Waals surface area contributed by atoms with Crippen molar-refractivity contribution in [3.8, 4) is 6.19 Å². The normalized spacial score (nSPS) is 15.7. The standard InChI is InChI=1S/C23H19Cl2F3N6O2/c1-2-8-36-22(35)32-19-12-34(33-20(19)15-6-7-17(24)18(25)10-15)21(30-13-29)31-16-5-3-4-14(9-16)11-23(26,27)28/h2-7,9-10,19H,1,8,11-12H2,(H,30,31)(H,32,35)/t19-/m1/s1. The first-order valence-electron chi connectivity index (χ1n) is 10.3. The highest BCUT2D eigenvalue weighted by molar-refractivity contribution is 6.42. The third-order valence-electron chi connectivity index (χ3n) is 4.74. The number of ether oxygens (including phenoxy) is 1. The summed E-state index contributed by atoms with van der Waals surface area (Å²) in [6.45, 7) is 3.49. The lowest BCUT2D eigenvalue weighted by atomic mass is 10.0. The predicted molar refractivity (Wildman–Crippen MR) is 131 cm³/mol. The summed E-state index contributed by atoms with van der Waals surface area (Å²) in [6.07, 6.45) is -3.18. The van der Waals surface area contributed by atoms with Crippen molar-refractivity contribution in [2.75, 3.05) is 18.5 Å². The van der Waals surface area contributed by atoms with Gasteiger partial charge >= 0.3 is 12.3 Å². The van der Waals surface area contributed by atoms with Crippen LogP contribution >= 0.6 is 23.2 Å². The van der Waals surface area contributed by atoms with Gasteiger partial charge in [-0.3, -0.25) is 0 Å². The maximum Gasteiger partial charge on any atom is 0.408 e. The average Bonchev–Trinajstić information content (AvgIpc) is 3.22. The van der Waals surface area contributed by atoms with Gasteiger partial charge in [-0.05, 0) is 29.8 Å². The molecule has 2 N–H and O–H groups in total. The highest BCUT2D eigenvalue weighted by Crippen LogP contribution is 2.26. The predicted octanol–water partition coefficient (Wildman–Crippen LogP) is 5.35. The van der Waals surface area contributed by atoms with Gasteiger partial charge in [0.25, 0.3) is 0 Å². The zero-order valence-electron chi connectivity index (χ0n) is 18.5. The minimum atomic E-state index is -4.38. The van der Waals surface area contributed by atoms with Crippen LogP contribution in [0.25, 0.3) is 0 Å². The van der Waals surface area contributed by atoms with E-state index in [-0.39, 0.29) is 35.4 Å². The van der Waals surface area contributed by atoms with Crippen LogP contribution < -0.4 is 10.6 Å². The van der Waals surface area contributed by atoms with Gasteiger partial charge in [-0.15, -0.1) is 4.99 Å². The first kappa shape index (κ1) is 26.8. The summed E-state index contributed by atoms with van der Waals surface area (Å²) in [4.78, 5) is 15.9. The van der Waals surface area contributed by atoms with Crippen LogP contribution in [0.2, 0.25) is 10.0 Å². The van der Waals surface area contributed by atoms with E-state index < -0.39 is 24.7 Å². The molecule has 1 amide bonds. The lowest BCUT2D eigenvalue weighted by Gasteiger charge is -2.19. The first-order chi connectivity index (χ1) is 17.1. The summed E-state index contributed by atoms with van der Waals surface area (Å²) in [5.74, 6) is -0.0667. The number of guanidine groups is 1. The Morgan fingerprint density at radius 3 is 2.75 bits per heavy atom. The molecule has 0 saturated heterocycles. The Balaban J connectivity index is 1.90. The lowest BCUT2D eigenvalue weighted by molar-refractivity contribution is -0.127. The molecule has 0 saturated carbocycles. The van der Waals surface area contributed by atoms with Crippen LogP contribution in [-0.4, -0.2) is 48.1 Å². The molecule has 1 aliphatic heterocycles. The highest BCUT2D eigenvalue weighted by Gasteiger charge is 2.33. The molecule has 0 aromatic heterocycles. The molecule has 2 aromatic rings. The number of hydrazone groups is 1. The van der Waals surface area contributed by atoms with Gasteiger partial charge in [0.1, 0.15) is 6.61 Å². The third-order valence-corrected chi connectivity index (χ3v) is 5.48. The quantitative estimate of drug-likeness (QED) is 0.223. The van der Waals surface area contributed by atoms with E-state index in [1.54, 1.807) is 24.4 Å². The van der Waals surface area contributed by atoms with E-state index in [9.17, 15) is 23.2 Å². The van der Waals surface area contributed by atoms with Crippen LogP contribution in [0, 0.1) is 11.5 Å². The molecule has 0 radical (unpaired) electrons. The van der Waals surface area contributed by atoms with Crippen LogP contribution in [0.4, 0.5) is 23.7 Å². The number of halogens is 5. The number of aliphatic imine (C=N–C) groups is 1. The summed E-state index contributed by atoms with van der Waals surface area (Å²) >= 11 is 12.2. The Kier molecular flexibility index (Phi) is 8.79. The van der Waals surface area contributed by atoms with Crippen molar-refractivity contribution in [2.24, 2.45) is 10.1 Å². The van der Waals surface area contributed by atoms with Crippen molar-refractivity contribution >= 4 is 46.7 Å². The van der Waals surface area contributed by atoms with E-state index in [1.165, 1.54) is 35.4 Å². The number of carbonyl (C=O) groups excluding carboxylic acids is 1. The van der Waals surface area contributed by atoms with Crippen molar-refractivity contribution in [1.29, 1.82) is 5.26 Å². The molecule has 0 unspecified atom stereocenters. The molecular formula is C23H19Cl2F3N6O2. The molecule has 13 heteroatoms. The zero-order chi connectivity index (χ0) is 26.3. The van der Waals surface area contributed by atoms with E-state index in [0.717, 1.165) is 0 Å². The summed E-state index contributed by atoms with van der Waals surface area (Å²) < 4.78 is 43.4. The molecule has 3 rings (SSSR count). The molecule has 2 aromatic carbocycles. The van der Waals surface area contributed by atoms with Crippen LogP contribution in [0.1, 0.15) is 11.1 Å². The lowest BCUT2D eigenvalue weighted by Crippen LogP contribution is -2.44. The summed E-state index contributed by atoms with van der Waals surface area (Å²) in [7, 11) is 0. The van der Waals surface area contributed by atoms with Gasteiger partial charge in [0.15, 0.2) is 0 Å². The number of carbonyl (C=O) groups is 1. The van der Waals surface area contributed by atoms with Gasteiger partial charge in [0, 0.05) is 11.3 Å². The minimum absolute atomic E-state index is 0.0154. The van der Waals surface area contributed by atoms with Crippen molar-refractivity contribution in [3.63, 3.8) is 0 Å². The second-order valence-electron chi connectivity index (χ2n) is 7.43. The largest absolute Gasteiger partial charge is 0.445 e. The van der Waals surface area contributed by atoms with Gasteiger partial charge in [-0.2, -0.15) is 23.5 Å². The zero-order valence-corrected chi connectivity index (χ0v) is 20.0. The van der Waals surface area contributed by atoms with E-state index in [2.05, 4.69) is 27.3 Å². The Labute approximate surface area is 214 Å². The van der Waals surface area contributed by atoms with E-state index in [0.29, 0.717) is 16.3 Å². The molecule has 0 spiro atoms. The van der Waals surface area contributed by atoms with Gasteiger partial charge < -0.3 is 15.4 Å². The minimum Gasteiger partial charge on any atom is -0.445 e. The van der Waals surface area contributed by atoms with Gasteiger partial charge in [0.05, 0.1) is 34.8 Å². The van der Waals surface area contributed by atoms with Gasteiger partial charge in [-0.25, -0.2) is 9.80 Å². The number of hydrogen-bond donors (Lipinski definition) is 2. The number of nitriles is 1. The number of rotatable bonds is 6. The Hall–Kier alpha value is -3.75. The number of nitrogens with zero attached hydrogens (tertiary/aromatic N) is 4. The van der Waals surface area contributed by atoms with Gasteiger partial charge in [0.2, 0.25) is 12.2 Å². The third kappa shape index (κ3) is 7.37.